The lowest BCUT2D eigenvalue weighted by atomic mass is 9.96. The molecule has 0 aromatic rings. The summed E-state index contributed by atoms with van der Waals surface area (Å²) in [6, 6.07) is -0.993. The summed E-state index contributed by atoms with van der Waals surface area (Å²) < 4.78 is 34.2. The van der Waals surface area contributed by atoms with Crippen molar-refractivity contribution in [2.75, 3.05) is 26.4 Å². The fourth-order valence-corrected chi connectivity index (χ4v) is 10.3. The second kappa shape index (κ2) is 45.8. The van der Waals surface area contributed by atoms with Gasteiger partial charge in [-0.25, -0.2) is 0 Å². The van der Waals surface area contributed by atoms with E-state index < -0.39 is 124 Å². The quantitative estimate of drug-likeness (QED) is 0.0231. The third-order valence-electron chi connectivity index (χ3n) is 15.5. The number of aliphatic hydroxyl groups is 11. The van der Waals surface area contributed by atoms with Gasteiger partial charge >= 0.3 is 0 Å². The standard InChI is InChI=1S/C63H111NO18/c1-3-5-7-9-11-13-15-17-18-19-20-21-22-23-24-25-26-27-28-29-31-33-35-37-39-41-51(69)64-46(47(68)40-38-36-34-32-30-16-14-12-10-8-6-4-2)45-77-61-57(75)54(72)59(49(43-66)79-61)82-63-58(76)55(73)60(50(44-67)80-63)81-62-56(74)53(71)52(70)48(42-65)78-62/h15,17,19-20,22-23,30,32,38,40,46-50,52-63,65-68,70-76H,3-14,16,18,21,24-29,31,33-37,39,41-45H2,1-2H3,(H,64,69)/b17-15-,20-19-,23-22-,32-30+,40-38+. The molecule has 0 aromatic carbocycles. The van der Waals surface area contributed by atoms with E-state index >= 15 is 0 Å². The lowest BCUT2D eigenvalue weighted by molar-refractivity contribution is -0.379. The van der Waals surface area contributed by atoms with E-state index in [2.05, 4.69) is 67.8 Å². The molecule has 3 aliphatic rings. The van der Waals surface area contributed by atoms with Crippen LogP contribution in [0.4, 0.5) is 0 Å². The van der Waals surface area contributed by atoms with Crippen LogP contribution in [-0.4, -0.2) is 193 Å². The second-order valence-electron chi connectivity index (χ2n) is 22.5. The zero-order valence-corrected chi connectivity index (χ0v) is 49.7. The van der Waals surface area contributed by atoms with E-state index in [1.54, 1.807) is 6.08 Å². The van der Waals surface area contributed by atoms with Gasteiger partial charge in [-0.1, -0.05) is 184 Å². The molecule has 0 bridgehead atoms. The van der Waals surface area contributed by atoms with Gasteiger partial charge in [0, 0.05) is 6.42 Å². The predicted molar refractivity (Wildman–Crippen MR) is 314 cm³/mol. The molecule has 1 amide bonds. The maximum Gasteiger partial charge on any atom is 0.220 e. The molecule has 17 atom stereocenters. The van der Waals surface area contributed by atoms with Crippen LogP contribution in [0.25, 0.3) is 0 Å². The topological polar surface area (TPSA) is 307 Å². The van der Waals surface area contributed by atoms with Gasteiger partial charge in [0.15, 0.2) is 18.9 Å². The van der Waals surface area contributed by atoms with Gasteiger partial charge in [0.2, 0.25) is 5.91 Å². The molecule has 12 N–H and O–H groups in total. The van der Waals surface area contributed by atoms with E-state index in [1.165, 1.54) is 103 Å². The molecule has 19 heteroatoms. The van der Waals surface area contributed by atoms with Crippen molar-refractivity contribution in [3.05, 3.63) is 60.8 Å². The Kier molecular flexibility index (Phi) is 41.2. The Balaban J connectivity index is 1.45. The Morgan fingerprint density at radius 1 is 0.439 bits per heavy atom. The summed E-state index contributed by atoms with van der Waals surface area (Å²) >= 11 is 0. The molecule has 3 saturated heterocycles. The lowest BCUT2D eigenvalue weighted by Gasteiger charge is -2.48. The second-order valence-corrected chi connectivity index (χ2v) is 22.5. The summed E-state index contributed by atoms with van der Waals surface area (Å²) in [5.41, 5.74) is 0. The molecule has 476 valence electrons. The van der Waals surface area contributed by atoms with E-state index in [-0.39, 0.29) is 18.9 Å². The monoisotopic (exact) mass is 1170 g/mol. The van der Waals surface area contributed by atoms with E-state index in [0.717, 1.165) is 64.2 Å². The fourth-order valence-electron chi connectivity index (χ4n) is 10.3. The Labute approximate surface area is 490 Å². The minimum absolute atomic E-state index is 0.228. The van der Waals surface area contributed by atoms with Crippen LogP contribution in [-0.2, 0) is 33.2 Å². The molecule has 17 unspecified atom stereocenters. The van der Waals surface area contributed by atoms with Crippen molar-refractivity contribution >= 4 is 5.91 Å². The van der Waals surface area contributed by atoms with Crippen LogP contribution in [0.3, 0.4) is 0 Å². The average Bonchev–Trinajstić information content (AvgIpc) is 3.59. The Bertz CT molecular complexity index is 1730. The van der Waals surface area contributed by atoms with E-state index in [1.807, 2.05) is 6.08 Å². The van der Waals surface area contributed by atoms with Crippen molar-refractivity contribution in [2.45, 2.75) is 304 Å². The van der Waals surface area contributed by atoms with Crippen LogP contribution in [0.15, 0.2) is 60.8 Å². The largest absolute Gasteiger partial charge is 0.394 e. The number of aliphatic hydroxyl groups excluding tert-OH is 11. The highest BCUT2D eigenvalue weighted by atomic mass is 16.8. The summed E-state index contributed by atoms with van der Waals surface area (Å²) in [6.07, 6.45) is 26.4. The fraction of sp³-hybridized carbons (Fsp3) is 0.825. The molecular weight excluding hydrogens is 1060 g/mol. The maximum absolute atomic E-state index is 13.3. The first kappa shape index (κ1) is 73.7. The number of carbonyl (C=O) groups excluding carboxylic acids is 1. The molecule has 0 saturated carbocycles. The Morgan fingerprint density at radius 3 is 1.30 bits per heavy atom. The molecule has 82 heavy (non-hydrogen) atoms. The third-order valence-corrected chi connectivity index (χ3v) is 15.5. The van der Waals surface area contributed by atoms with Crippen molar-refractivity contribution in [3.63, 3.8) is 0 Å². The number of carbonyl (C=O) groups is 1. The summed E-state index contributed by atoms with van der Waals surface area (Å²) in [5, 5.41) is 120. The molecule has 3 fully saturated rings. The van der Waals surface area contributed by atoms with Gasteiger partial charge in [0.25, 0.3) is 0 Å². The number of nitrogens with one attached hydrogen (secondary N) is 1. The zero-order chi connectivity index (χ0) is 59.7. The first-order valence-electron chi connectivity index (χ1n) is 31.5. The number of allylic oxidation sites excluding steroid dienone is 9. The van der Waals surface area contributed by atoms with Gasteiger partial charge in [-0.05, 0) is 70.6 Å². The highest BCUT2D eigenvalue weighted by molar-refractivity contribution is 5.76. The van der Waals surface area contributed by atoms with Crippen LogP contribution in [0, 0.1) is 0 Å². The lowest BCUT2D eigenvalue weighted by Crippen LogP contribution is -2.66. The van der Waals surface area contributed by atoms with Crippen molar-refractivity contribution in [2.24, 2.45) is 0 Å². The van der Waals surface area contributed by atoms with E-state index in [4.69, 9.17) is 28.4 Å². The first-order chi connectivity index (χ1) is 39.8. The summed E-state index contributed by atoms with van der Waals surface area (Å²) in [7, 11) is 0. The molecular formula is C63H111NO18. The SMILES string of the molecule is CCCCCCC/C=C\C/C=C\C/C=C\CCCCCCCCCCCCC(=O)NC(COC1OC(CO)C(OC2OC(CO)C(OC3OC(CO)C(O)C(O)C3O)C(O)C2O)C(O)C1O)C(O)/C=C/CC/C=C/CCCCCCCC. The number of unbranched alkanes of at least 4 members (excludes halogenated alkanes) is 22. The van der Waals surface area contributed by atoms with Crippen molar-refractivity contribution < 1.29 is 89.4 Å². The first-order valence-corrected chi connectivity index (χ1v) is 31.5. The van der Waals surface area contributed by atoms with Crippen molar-refractivity contribution in [3.8, 4) is 0 Å². The highest BCUT2D eigenvalue weighted by Gasteiger charge is 2.53. The molecule has 0 radical (unpaired) electrons. The number of amides is 1. The van der Waals surface area contributed by atoms with Crippen LogP contribution >= 0.6 is 0 Å². The third kappa shape index (κ3) is 28.8. The Morgan fingerprint density at radius 2 is 0.817 bits per heavy atom. The zero-order valence-electron chi connectivity index (χ0n) is 49.7. The molecule has 3 rings (SSSR count). The predicted octanol–water partition coefficient (Wildman–Crippen LogP) is 6.43. The van der Waals surface area contributed by atoms with Gasteiger partial charge in [0.05, 0.1) is 38.6 Å². The van der Waals surface area contributed by atoms with Crippen molar-refractivity contribution in [1.29, 1.82) is 0 Å². The van der Waals surface area contributed by atoms with Crippen molar-refractivity contribution in [1.82, 2.24) is 5.32 Å². The average molecular weight is 1170 g/mol. The van der Waals surface area contributed by atoms with E-state index in [0.29, 0.717) is 12.8 Å². The molecule has 3 aliphatic heterocycles. The smallest absolute Gasteiger partial charge is 0.220 e. The molecule has 3 heterocycles. The number of rotatable bonds is 46. The molecule has 0 spiro atoms. The van der Waals surface area contributed by atoms with Crippen LogP contribution in [0.2, 0.25) is 0 Å². The van der Waals surface area contributed by atoms with Gasteiger partial charge in [0.1, 0.15) is 73.2 Å². The number of hydrogen-bond donors (Lipinski definition) is 12. The van der Waals surface area contributed by atoms with E-state index in [9.17, 15) is 61.0 Å². The van der Waals surface area contributed by atoms with Crippen LogP contribution in [0.1, 0.15) is 200 Å². The normalized spacial score (nSPS) is 30.0. The number of ether oxygens (including phenoxy) is 6. The van der Waals surface area contributed by atoms with Gasteiger partial charge in [-0.15, -0.1) is 0 Å². The van der Waals surface area contributed by atoms with Crippen LogP contribution < -0.4 is 5.32 Å². The highest BCUT2D eigenvalue weighted by Crippen LogP contribution is 2.33. The number of hydrogen-bond acceptors (Lipinski definition) is 18. The minimum atomic E-state index is -1.98. The van der Waals surface area contributed by atoms with Gasteiger partial charge in [-0.2, -0.15) is 0 Å². The maximum atomic E-state index is 13.3. The van der Waals surface area contributed by atoms with Gasteiger partial charge < -0.3 is 89.9 Å². The molecule has 19 nitrogen and oxygen atoms in total. The van der Waals surface area contributed by atoms with Gasteiger partial charge in [-0.3, -0.25) is 4.79 Å². The summed E-state index contributed by atoms with van der Waals surface area (Å²) in [4.78, 5) is 13.3. The Hall–Kier alpha value is -2.51. The van der Waals surface area contributed by atoms with Crippen LogP contribution in [0.5, 0.6) is 0 Å². The molecule has 0 aromatic heterocycles. The molecule has 0 aliphatic carbocycles. The summed E-state index contributed by atoms with van der Waals surface area (Å²) in [5.74, 6) is -0.293. The summed E-state index contributed by atoms with van der Waals surface area (Å²) in [6.45, 7) is 1.66. The minimum Gasteiger partial charge on any atom is -0.394 e.